The number of rotatable bonds is 3. The SMILES string of the molecule is COC(=O)N1CCN(C(=O)[C@@H](C)[C@H]2CC[C@H]3[C@@H]4C[C@@H](OC)C56C[C@H]5CC[C@]6(C)[C@H]4CC[C@]23C)CC1. The van der Waals surface area contributed by atoms with E-state index in [0.717, 1.165) is 23.7 Å². The van der Waals surface area contributed by atoms with Gasteiger partial charge >= 0.3 is 6.09 Å². The smallest absolute Gasteiger partial charge is 0.409 e. The summed E-state index contributed by atoms with van der Waals surface area (Å²) in [4.78, 5) is 29.2. The van der Waals surface area contributed by atoms with Crippen molar-refractivity contribution in [3.8, 4) is 0 Å². The van der Waals surface area contributed by atoms with E-state index in [-0.39, 0.29) is 17.4 Å². The Morgan fingerprint density at radius 2 is 1.63 bits per heavy atom. The number of nitrogens with zero attached hydrogens (tertiary/aromatic N) is 2. The lowest BCUT2D eigenvalue weighted by atomic mass is 9.45. The summed E-state index contributed by atoms with van der Waals surface area (Å²) in [6.07, 6.45) is 10.7. The van der Waals surface area contributed by atoms with Crippen LogP contribution >= 0.6 is 0 Å². The zero-order chi connectivity index (χ0) is 24.8. The normalized spacial score (nSPS) is 48.9. The third-order valence-electron chi connectivity index (χ3n) is 12.9. The molecule has 0 radical (unpaired) electrons. The highest BCUT2D eigenvalue weighted by Gasteiger charge is 2.77. The fourth-order valence-electron chi connectivity index (χ4n) is 11.1. The summed E-state index contributed by atoms with van der Waals surface area (Å²) < 4.78 is 11.1. The van der Waals surface area contributed by atoms with Gasteiger partial charge in [0.1, 0.15) is 0 Å². The van der Waals surface area contributed by atoms with Crippen molar-refractivity contribution < 1.29 is 19.1 Å². The summed E-state index contributed by atoms with van der Waals surface area (Å²) in [5, 5.41) is 0. The molecule has 0 N–H and O–H groups in total. The van der Waals surface area contributed by atoms with Gasteiger partial charge in [0, 0.05) is 44.6 Å². The molecule has 0 aromatic rings. The quantitative estimate of drug-likeness (QED) is 0.574. The van der Waals surface area contributed by atoms with Gasteiger partial charge in [0.15, 0.2) is 0 Å². The highest BCUT2D eigenvalue weighted by molar-refractivity contribution is 5.79. The van der Waals surface area contributed by atoms with Crippen molar-refractivity contribution in [1.29, 1.82) is 0 Å². The number of carbonyl (C=O) groups excluding carboxylic acids is 2. The number of ether oxygens (including phenoxy) is 2. The lowest BCUT2D eigenvalue weighted by Crippen LogP contribution is -2.57. The lowest BCUT2D eigenvalue weighted by Gasteiger charge is -2.61. The van der Waals surface area contributed by atoms with Gasteiger partial charge in [-0.15, -0.1) is 0 Å². The van der Waals surface area contributed by atoms with Gasteiger partial charge in [-0.2, -0.15) is 0 Å². The maximum absolute atomic E-state index is 13.6. The second-order valence-corrected chi connectivity index (χ2v) is 13.5. The van der Waals surface area contributed by atoms with Crippen LogP contribution in [0.15, 0.2) is 0 Å². The van der Waals surface area contributed by atoms with Crippen molar-refractivity contribution >= 4 is 12.0 Å². The molecule has 5 aliphatic carbocycles. The molecule has 1 unspecified atom stereocenters. The molecule has 35 heavy (non-hydrogen) atoms. The summed E-state index contributed by atoms with van der Waals surface area (Å²) in [6, 6.07) is 0. The number of piperazine rings is 1. The number of methoxy groups -OCH3 is 2. The predicted molar refractivity (Wildman–Crippen MR) is 134 cm³/mol. The van der Waals surface area contributed by atoms with E-state index < -0.39 is 0 Å². The first-order chi connectivity index (χ1) is 16.7. The second kappa shape index (κ2) is 8.10. The van der Waals surface area contributed by atoms with Crippen LogP contribution in [0.4, 0.5) is 4.79 Å². The summed E-state index contributed by atoms with van der Waals surface area (Å²) in [5.41, 5.74) is 1.19. The molecule has 0 aromatic carbocycles. The number of hydrogen-bond donors (Lipinski definition) is 0. The molecule has 6 heteroatoms. The standard InChI is InChI=1S/C29H46N2O4/c1-18(25(32)30-12-14-31(15-13-30)26(33)35-5)21-6-7-22-20-16-24(34-4)29-17-19(29)8-11-28(29,3)23(20)9-10-27(21,22)2/h18-24H,6-17H2,1-5H3/t18-,19+,20-,21+,22-,23-,24+,27+,28+,29?/m0/s1. The molecule has 6 nitrogen and oxygen atoms in total. The molecule has 1 saturated heterocycles. The first kappa shape index (κ1) is 24.1. The molecule has 6 fully saturated rings. The molecule has 6 aliphatic rings. The first-order valence-corrected chi connectivity index (χ1v) is 14.4. The average Bonchev–Trinajstić information content (AvgIpc) is 3.38. The van der Waals surface area contributed by atoms with Gasteiger partial charge in [-0.1, -0.05) is 20.8 Å². The first-order valence-electron chi connectivity index (χ1n) is 14.4. The van der Waals surface area contributed by atoms with E-state index in [9.17, 15) is 9.59 Å². The third kappa shape index (κ3) is 3.10. The van der Waals surface area contributed by atoms with Gasteiger partial charge in [-0.25, -0.2) is 4.79 Å². The van der Waals surface area contributed by atoms with Crippen molar-refractivity contribution in [3.05, 3.63) is 0 Å². The molecular formula is C29H46N2O4. The van der Waals surface area contributed by atoms with Crippen molar-refractivity contribution in [2.24, 2.45) is 51.8 Å². The molecule has 196 valence electrons. The third-order valence-corrected chi connectivity index (χ3v) is 12.9. The molecule has 0 bridgehead atoms. The molecule has 2 amide bonds. The van der Waals surface area contributed by atoms with E-state index in [0.29, 0.717) is 54.9 Å². The van der Waals surface area contributed by atoms with Crippen LogP contribution in [0.25, 0.3) is 0 Å². The Morgan fingerprint density at radius 1 is 0.914 bits per heavy atom. The minimum atomic E-state index is -0.287. The number of hydrogen-bond acceptors (Lipinski definition) is 4. The molecule has 1 aliphatic heterocycles. The van der Waals surface area contributed by atoms with E-state index in [1.54, 1.807) is 4.90 Å². The van der Waals surface area contributed by atoms with Crippen molar-refractivity contribution in [1.82, 2.24) is 9.80 Å². The van der Waals surface area contributed by atoms with Crippen LogP contribution in [0.5, 0.6) is 0 Å². The summed E-state index contributed by atoms with van der Waals surface area (Å²) >= 11 is 0. The maximum Gasteiger partial charge on any atom is 0.409 e. The largest absolute Gasteiger partial charge is 0.453 e. The summed E-state index contributed by atoms with van der Waals surface area (Å²) in [6.45, 7) is 9.74. The number of amides is 2. The monoisotopic (exact) mass is 486 g/mol. The van der Waals surface area contributed by atoms with Gasteiger partial charge in [0.05, 0.1) is 13.2 Å². The Morgan fingerprint density at radius 3 is 2.29 bits per heavy atom. The molecule has 1 heterocycles. The molecular weight excluding hydrogens is 440 g/mol. The van der Waals surface area contributed by atoms with Crippen LogP contribution in [-0.2, 0) is 14.3 Å². The fourth-order valence-corrected chi connectivity index (χ4v) is 11.1. The topological polar surface area (TPSA) is 59.1 Å². The van der Waals surface area contributed by atoms with E-state index in [1.807, 2.05) is 12.0 Å². The Kier molecular flexibility index (Phi) is 5.57. The van der Waals surface area contributed by atoms with E-state index in [4.69, 9.17) is 9.47 Å². The molecule has 10 atom stereocenters. The Balaban J connectivity index is 1.18. The molecule has 0 aromatic heterocycles. The van der Waals surface area contributed by atoms with Crippen LogP contribution < -0.4 is 0 Å². The minimum Gasteiger partial charge on any atom is -0.453 e. The van der Waals surface area contributed by atoms with Crippen LogP contribution in [0.1, 0.15) is 72.1 Å². The summed E-state index contributed by atoms with van der Waals surface area (Å²) in [7, 11) is 3.39. The van der Waals surface area contributed by atoms with Crippen LogP contribution in [0.2, 0.25) is 0 Å². The predicted octanol–water partition coefficient (Wildman–Crippen LogP) is 4.82. The molecule has 5 saturated carbocycles. The van der Waals surface area contributed by atoms with Gasteiger partial charge in [0.2, 0.25) is 5.91 Å². The average molecular weight is 487 g/mol. The minimum absolute atomic E-state index is 0.0502. The Bertz CT molecular complexity index is 886. The van der Waals surface area contributed by atoms with E-state index in [2.05, 4.69) is 20.8 Å². The Hall–Kier alpha value is -1.30. The van der Waals surface area contributed by atoms with Crippen molar-refractivity contribution in [3.63, 3.8) is 0 Å². The summed E-state index contributed by atoms with van der Waals surface area (Å²) in [5.74, 6) is 4.04. The maximum atomic E-state index is 13.6. The zero-order valence-corrected chi connectivity index (χ0v) is 22.6. The van der Waals surface area contributed by atoms with Gasteiger partial charge in [-0.05, 0) is 91.8 Å². The fraction of sp³-hybridized carbons (Fsp3) is 0.931. The highest BCUT2D eigenvalue weighted by atomic mass is 16.5. The highest BCUT2D eigenvalue weighted by Crippen LogP contribution is 2.82. The van der Waals surface area contributed by atoms with E-state index in [1.165, 1.54) is 58.5 Å². The van der Waals surface area contributed by atoms with Crippen LogP contribution in [0, 0.1) is 51.8 Å². The van der Waals surface area contributed by atoms with Gasteiger partial charge < -0.3 is 19.3 Å². The Labute approximate surface area is 211 Å². The number of carbonyl (C=O) groups is 2. The number of fused-ring (bicyclic) bond motifs is 4. The van der Waals surface area contributed by atoms with Gasteiger partial charge in [0.25, 0.3) is 0 Å². The van der Waals surface area contributed by atoms with Gasteiger partial charge in [-0.3, -0.25) is 4.79 Å². The van der Waals surface area contributed by atoms with Crippen LogP contribution in [-0.4, -0.2) is 68.3 Å². The lowest BCUT2D eigenvalue weighted by molar-refractivity contribution is -0.163. The van der Waals surface area contributed by atoms with Crippen molar-refractivity contribution in [2.75, 3.05) is 40.4 Å². The van der Waals surface area contributed by atoms with E-state index >= 15 is 0 Å². The second-order valence-electron chi connectivity index (χ2n) is 13.5. The van der Waals surface area contributed by atoms with Crippen LogP contribution in [0.3, 0.4) is 0 Å². The van der Waals surface area contributed by atoms with Crippen molar-refractivity contribution in [2.45, 2.75) is 78.2 Å². The zero-order valence-electron chi connectivity index (χ0n) is 22.6. The molecule has 1 spiro atoms. The molecule has 6 rings (SSSR count).